The smallest absolute Gasteiger partial charge is 0.329 e. The molecule has 1 saturated heterocycles. The van der Waals surface area contributed by atoms with Gasteiger partial charge in [0.2, 0.25) is 0 Å². The summed E-state index contributed by atoms with van der Waals surface area (Å²) in [5.41, 5.74) is -0.236. The van der Waals surface area contributed by atoms with E-state index in [0.717, 1.165) is 18.5 Å². The van der Waals surface area contributed by atoms with E-state index in [1.807, 2.05) is 12.1 Å². The van der Waals surface area contributed by atoms with Crippen molar-refractivity contribution in [2.75, 3.05) is 11.9 Å². The van der Waals surface area contributed by atoms with Gasteiger partial charge in [-0.15, -0.1) is 0 Å². The molecular weight excluding hydrogens is 278 g/mol. The summed E-state index contributed by atoms with van der Waals surface area (Å²) < 4.78 is 5.66. The van der Waals surface area contributed by atoms with Gasteiger partial charge in [0, 0.05) is 30.2 Å². The summed E-state index contributed by atoms with van der Waals surface area (Å²) in [6.07, 6.45) is 2.79. The van der Waals surface area contributed by atoms with Crippen molar-refractivity contribution < 1.29 is 14.6 Å². The Hall–Kier alpha value is -1.26. The Morgan fingerprint density at radius 2 is 2.40 bits per heavy atom. The molecular formula is C15H20ClNO3. The zero-order chi connectivity index (χ0) is 14.6. The molecule has 2 atom stereocenters. The SMILES string of the molecule is CCCC1CC(Nc2cccc(Cl)c2)(C(=O)O)CCO1. The van der Waals surface area contributed by atoms with Gasteiger partial charge in [-0.2, -0.15) is 0 Å². The lowest BCUT2D eigenvalue weighted by Crippen LogP contribution is -2.53. The van der Waals surface area contributed by atoms with Crippen molar-refractivity contribution in [2.24, 2.45) is 0 Å². The molecule has 2 unspecified atom stereocenters. The molecule has 4 nitrogen and oxygen atoms in total. The van der Waals surface area contributed by atoms with Gasteiger partial charge in [0.25, 0.3) is 0 Å². The van der Waals surface area contributed by atoms with Gasteiger partial charge in [0.15, 0.2) is 0 Å². The van der Waals surface area contributed by atoms with Gasteiger partial charge in [0.05, 0.1) is 6.10 Å². The summed E-state index contributed by atoms with van der Waals surface area (Å²) in [5, 5.41) is 13.4. The lowest BCUT2D eigenvalue weighted by molar-refractivity contribution is -0.148. The maximum Gasteiger partial charge on any atom is 0.329 e. The standard InChI is InChI=1S/C15H20ClNO3/c1-2-4-13-10-15(14(18)19,7-8-20-13)17-12-6-3-5-11(16)9-12/h3,5-6,9,13,17H,2,4,7-8,10H2,1H3,(H,18,19). The molecule has 0 aromatic heterocycles. The number of carboxylic acid groups (broad SMARTS) is 1. The predicted molar refractivity (Wildman–Crippen MR) is 79.3 cm³/mol. The number of hydrogen-bond donors (Lipinski definition) is 2. The van der Waals surface area contributed by atoms with E-state index in [2.05, 4.69) is 12.2 Å². The minimum atomic E-state index is -0.969. The number of rotatable bonds is 5. The lowest BCUT2D eigenvalue weighted by Gasteiger charge is -2.39. The van der Waals surface area contributed by atoms with Gasteiger partial charge in [-0.3, -0.25) is 0 Å². The van der Waals surface area contributed by atoms with E-state index in [-0.39, 0.29) is 6.10 Å². The Labute approximate surface area is 124 Å². The van der Waals surface area contributed by atoms with Crippen molar-refractivity contribution in [1.29, 1.82) is 0 Å². The van der Waals surface area contributed by atoms with Crippen molar-refractivity contribution in [3.8, 4) is 0 Å². The molecule has 1 aromatic carbocycles. The average molecular weight is 298 g/mol. The van der Waals surface area contributed by atoms with Gasteiger partial charge in [-0.05, 0) is 24.6 Å². The first kappa shape index (κ1) is 15.1. The van der Waals surface area contributed by atoms with Crippen LogP contribution in [0.3, 0.4) is 0 Å². The fourth-order valence-corrected chi connectivity index (χ4v) is 2.85. The third kappa shape index (κ3) is 3.44. The van der Waals surface area contributed by atoms with Crippen molar-refractivity contribution in [1.82, 2.24) is 0 Å². The molecule has 0 amide bonds. The number of halogens is 1. The molecule has 1 fully saturated rings. The first-order valence-electron chi connectivity index (χ1n) is 6.94. The normalized spacial score (nSPS) is 26.2. The Morgan fingerprint density at radius 1 is 1.60 bits per heavy atom. The average Bonchev–Trinajstić information content (AvgIpc) is 2.39. The number of hydrogen-bond acceptors (Lipinski definition) is 3. The topological polar surface area (TPSA) is 58.6 Å². The van der Waals surface area contributed by atoms with Crippen LogP contribution in [0, 0.1) is 0 Å². The summed E-state index contributed by atoms with van der Waals surface area (Å²) >= 11 is 5.95. The fourth-order valence-electron chi connectivity index (χ4n) is 2.66. The van der Waals surface area contributed by atoms with Crippen LogP contribution in [0.1, 0.15) is 32.6 Å². The first-order valence-corrected chi connectivity index (χ1v) is 7.32. The van der Waals surface area contributed by atoms with E-state index in [9.17, 15) is 9.90 Å². The number of nitrogens with one attached hydrogen (secondary N) is 1. The second kappa shape index (κ2) is 6.46. The van der Waals surface area contributed by atoms with Crippen LogP contribution in [-0.4, -0.2) is 29.3 Å². The van der Waals surface area contributed by atoms with Crippen LogP contribution in [0.2, 0.25) is 5.02 Å². The van der Waals surface area contributed by atoms with Crippen LogP contribution in [0.25, 0.3) is 0 Å². The number of anilines is 1. The third-order valence-corrected chi connectivity index (χ3v) is 3.92. The van der Waals surface area contributed by atoms with Crippen LogP contribution in [0.5, 0.6) is 0 Å². The number of carbonyl (C=O) groups is 1. The van der Waals surface area contributed by atoms with E-state index in [0.29, 0.717) is 24.5 Å². The van der Waals surface area contributed by atoms with Gasteiger partial charge < -0.3 is 15.2 Å². The molecule has 20 heavy (non-hydrogen) atoms. The molecule has 1 heterocycles. The molecule has 2 N–H and O–H groups in total. The van der Waals surface area contributed by atoms with Gasteiger partial charge in [-0.1, -0.05) is 31.0 Å². The Morgan fingerprint density at radius 3 is 3.05 bits per heavy atom. The van der Waals surface area contributed by atoms with E-state index in [1.165, 1.54) is 0 Å². The molecule has 0 spiro atoms. The molecule has 0 saturated carbocycles. The highest BCUT2D eigenvalue weighted by Gasteiger charge is 2.43. The number of aliphatic carboxylic acids is 1. The molecule has 2 rings (SSSR count). The molecule has 0 aliphatic carbocycles. The fraction of sp³-hybridized carbons (Fsp3) is 0.533. The van der Waals surface area contributed by atoms with E-state index >= 15 is 0 Å². The van der Waals surface area contributed by atoms with Crippen molar-refractivity contribution >= 4 is 23.3 Å². The van der Waals surface area contributed by atoms with E-state index < -0.39 is 11.5 Å². The zero-order valence-corrected chi connectivity index (χ0v) is 12.3. The van der Waals surface area contributed by atoms with Crippen molar-refractivity contribution in [2.45, 2.75) is 44.2 Å². The van der Waals surface area contributed by atoms with Crippen molar-refractivity contribution in [3.63, 3.8) is 0 Å². The summed E-state index contributed by atoms with van der Waals surface area (Å²) in [4.78, 5) is 11.8. The molecule has 110 valence electrons. The van der Waals surface area contributed by atoms with Crippen LogP contribution >= 0.6 is 11.6 Å². The van der Waals surface area contributed by atoms with Crippen LogP contribution in [-0.2, 0) is 9.53 Å². The van der Waals surface area contributed by atoms with E-state index in [4.69, 9.17) is 16.3 Å². The monoisotopic (exact) mass is 297 g/mol. The maximum absolute atomic E-state index is 11.8. The van der Waals surface area contributed by atoms with Gasteiger partial charge in [-0.25, -0.2) is 4.79 Å². The third-order valence-electron chi connectivity index (χ3n) is 3.69. The molecule has 5 heteroatoms. The highest BCUT2D eigenvalue weighted by molar-refractivity contribution is 6.30. The molecule has 1 aliphatic rings. The van der Waals surface area contributed by atoms with Crippen LogP contribution < -0.4 is 5.32 Å². The van der Waals surface area contributed by atoms with Gasteiger partial charge in [0.1, 0.15) is 5.54 Å². The zero-order valence-electron chi connectivity index (χ0n) is 11.6. The summed E-state index contributed by atoms with van der Waals surface area (Å²) in [7, 11) is 0. The molecule has 0 radical (unpaired) electrons. The van der Waals surface area contributed by atoms with Crippen molar-refractivity contribution in [3.05, 3.63) is 29.3 Å². The highest BCUT2D eigenvalue weighted by Crippen LogP contribution is 2.31. The second-order valence-corrected chi connectivity index (χ2v) is 5.69. The first-order chi connectivity index (χ1) is 9.55. The molecule has 0 bridgehead atoms. The summed E-state index contributed by atoms with van der Waals surface area (Å²) in [6.45, 7) is 2.54. The summed E-state index contributed by atoms with van der Waals surface area (Å²) in [6, 6.07) is 7.16. The highest BCUT2D eigenvalue weighted by atomic mass is 35.5. The Balaban J connectivity index is 2.19. The molecule has 1 aromatic rings. The minimum absolute atomic E-state index is 0.00321. The quantitative estimate of drug-likeness (QED) is 0.872. The van der Waals surface area contributed by atoms with E-state index in [1.54, 1.807) is 12.1 Å². The largest absolute Gasteiger partial charge is 0.480 e. The maximum atomic E-state index is 11.8. The predicted octanol–water partition coefficient (Wildman–Crippen LogP) is 3.55. The Kier molecular flexibility index (Phi) is 4.89. The number of carboxylic acids is 1. The van der Waals surface area contributed by atoms with Crippen LogP contribution in [0.15, 0.2) is 24.3 Å². The molecule has 1 aliphatic heterocycles. The summed E-state index contributed by atoms with van der Waals surface area (Å²) in [5.74, 6) is -0.832. The number of benzene rings is 1. The second-order valence-electron chi connectivity index (χ2n) is 5.26. The lowest BCUT2D eigenvalue weighted by atomic mass is 9.85. The minimum Gasteiger partial charge on any atom is -0.480 e. The Bertz CT molecular complexity index is 478. The number of ether oxygens (including phenoxy) is 1. The van der Waals surface area contributed by atoms with Gasteiger partial charge >= 0.3 is 5.97 Å². The van der Waals surface area contributed by atoms with Crippen LogP contribution in [0.4, 0.5) is 5.69 Å².